The van der Waals surface area contributed by atoms with Crippen molar-refractivity contribution in [2.75, 3.05) is 0 Å². The lowest BCUT2D eigenvalue weighted by molar-refractivity contribution is 0.0291. The lowest BCUT2D eigenvalue weighted by atomic mass is 9.91. The van der Waals surface area contributed by atoms with Crippen LogP contribution in [0, 0.1) is 0 Å². The topological polar surface area (TPSA) is 58.6 Å². The van der Waals surface area contributed by atoms with E-state index in [1.54, 1.807) is 58.9 Å². The molecule has 1 amide bonds. The molecule has 0 spiro atoms. The zero-order chi connectivity index (χ0) is 15.6. The lowest BCUT2D eigenvalue weighted by Crippen LogP contribution is -2.49. The number of rotatable bonds is 3. The molecule has 0 aliphatic carbocycles. The minimum Gasteiger partial charge on any atom is -0.444 e. The van der Waals surface area contributed by atoms with Gasteiger partial charge in [-0.25, -0.2) is 4.79 Å². The van der Waals surface area contributed by atoms with Gasteiger partial charge in [0, 0.05) is 5.02 Å². The highest BCUT2D eigenvalue weighted by Gasteiger charge is 2.32. The smallest absolute Gasteiger partial charge is 0.408 e. The summed E-state index contributed by atoms with van der Waals surface area (Å²) in [5.41, 5.74) is -0.767. The molecular weight excluding hydrogens is 278 g/mol. The van der Waals surface area contributed by atoms with Gasteiger partial charge in [0.1, 0.15) is 11.7 Å². The summed E-state index contributed by atoms with van der Waals surface area (Å²) in [5.74, 6) is 0. The molecule has 1 unspecified atom stereocenters. The lowest BCUT2D eigenvalue weighted by Gasteiger charge is -2.33. The molecule has 112 valence electrons. The molecule has 0 bridgehead atoms. The van der Waals surface area contributed by atoms with Gasteiger partial charge in [-0.3, -0.25) is 0 Å². The number of aliphatic hydroxyl groups is 1. The van der Waals surface area contributed by atoms with Crippen molar-refractivity contribution >= 4 is 17.7 Å². The Kier molecular flexibility index (Phi) is 5.05. The number of carbonyl (C=O) groups is 1. The van der Waals surface area contributed by atoms with Crippen molar-refractivity contribution in [3.63, 3.8) is 0 Å². The summed E-state index contributed by atoms with van der Waals surface area (Å²) in [4.78, 5) is 11.8. The van der Waals surface area contributed by atoms with E-state index >= 15 is 0 Å². The summed E-state index contributed by atoms with van der Waals surface area (Å²) in [7, 11) is 0. The fourth-order valence-electron chi connectivity index (χ4n) is 1.70. The largest absolute Gasteiger partial charge is 0.444 e. The molecule has 1 atom stereocenters. The van der Waals surface area contributed by atoms with Gasteiger partial charge in [-0.05, 0) is 52.3 Å². The highest BCUT2D eigenvalue weighted by atomic mass is 35.5. The Hall–Kier alpha value is -1.26. The summed E-state index contributed by atoms with van der Waals surface area (Å²) in [5, 5.41) is 13.7. The van der Waals surface area contributed by atoms with Crippen LogP contribution in [0.3, 0.4) is 0 Å². The predicted molar refractivity (Wildman–Crippen MR) is 79.9 cm³/mol. The number of alkyl carbamates (subject to hydrolysis) is 1. The number of nitrogens with one attached hydrogen (secondary N) is 1. The van der Waals surface area contributed by atoms with Crippen molar-refractivity contribution < 1.29 is 14.6 Å². The van der Waals surface area contributed by atoms with E-state index in [-0.39, 0.29) is 0 Å². The van der Waals surface area contributed by atoms with Gasteiger partial charge in [-0.15, -0.1) is 0 Å². The summed E-state index contributed by atoms with van der Waals surface area (Å²) in [6, 6.07) is 6.85. The van der Waals surface area contributed by atoms with Gasteiger partial charge in [0.2, 0.25) is 0 Å². The molecule has 5 heteroatoms. The molecule has 0 saturated carbocycles. The molecule has 2 N–H and O–H groups in total. The highest BCUT2D eigenvalue weighted by Crippen LogP contribution is 2.26. The number of aliphatic hydroxyl groups excluding tert-OH is 1. The Bertz CT molecular complexity index is 463. The van der Waals surface area contributed by atoms with Crippen molar-refractivity contribution in [2.45, 2.75) is 51.9 Å². The van der Waals surface area contributed by atoms with Crippen LogP contribution in [0.4, 0.5) is 4.79 Å². The maximum Gasteiger partial charge on any atom is 0.408 e. The van der Waals surface area contributed by atoms with E-state index in [0.29, 0.717) is 10.6 Å². The first kappa shape index (κ1) is 16.8. The Morgan fingerprint density at radius 3 is 2.15 bits per heavy atom. The van der Waals surface area contributed by atoms with Gasteiger partial charge in [-0.2, -0.15) is 0 Å². The fraction of sp³-hybridized carbons (Fsp3) is 0.533. The van der Waals surface area contributed by atoms with E-state index in [0.717, 1.165) is 0 Å². The third-order valence-corrected chi connectivity index (χ3v) is 2.94. The zero-order valence-corrected chi connectivity index (χ0v) is 13.3. The first-order valence-corrected chi connectivity index (χ1v) is 6.84. The second kappa shape index (κ2) is 6.02. The summed E-state index contributed by atoms with van der Waals surface area (Å²) < 4.78 is 5.20. The van der Waals surface area contributed by atoms with Gasteiger partial charge in [0.25, 0.3) is 0 Å². The van der Waals surface area contributed by atoms with Crippen LogP contribution in [0.15, 0.2) is 24.3 Å². The SMILES string of the molecule is CC(C)(C)OC(=O)NC(C)(C)C(O)c1ccc(Cl)cc1. The van der Waals surface area contributed by atoms with E-state index in [4.69, 9.17) is 16.3 Å². The molecule has 0 radical (unpaired) electrons. The van der Waals surface area contributed by atoms with Gasteiger partial charge >= 0.3 is 6.09 Å². The van der Waals surface area contributed by atoms with Crippen LogP contribution in [0.2, 0.25) is 5.02 Å². The second-order valence-corrected chi connectivity index (χ2v) is 6.74. The molecule has 0 aliphatic rings. The predicted octanol–water partition coefficient (Wildman–Crippen LogP) is 3.68. The van der Waals surface area contributed by atoms with Crippen LogP contribution >= 0.6 is 11.6 Å². The third kappa shape index (κ3) is 5.02. The maximum atomic E-state index is 11.8. The summed E-state index contributed by atoms with van der Waals surface area (Å²) in [6.07, 6.45) is -1.43. The molecule has 0 aromatic heterocycles. The number of ether oxygens (including phenoxy) is 1. The van der Waals surface area contributed by atoms with Crippen LogP contribution in [0.5, 0.6) is 0 Å². The standard InChI is InChI=1S/C15H22ClNO3/c1-14(2,3)20-13(19)17-15(4,5)12(18)10-6-8-11(16)9-7-10/h6-9,12,18H,1-5H3,(H,17,19). The minimum absolute atomic E-state index is 0.560. The normalized spacial score (nSPS) is 13.8. The third-order valence-electron chi connectivity index (χ3n) is 2.69. The summed E-state index contributed by atoms with van der Waals surface area (Å²) >= 11 is 5.82. The number of halogens is 1. The monoisotopic (exact) mass is 299 g/mol. The van der Waals surface area contributed by atoms with E-state index < -0.39 is 23.3 Å². The van der Waals surface area contributed by atoms with Gasteiger partial charge in [-0.1, -0.05) is 23.7 Å². The van der Waals surface area contributed by atoms with Crippen LogP contribution in [-0.4, -0.2) is 22.3 Å². The molecular formula is C15H22ClNO3. The van der Waals surface area contributed by atoms with Gasteiger partial charge < -0.3 is 15.2 Å². The van der Waals surface area contributed by atoms with Crippen LogP contribution in [0.1, 0.15) is 46.3 Å². The Labute approximate surface area is 125 Å². The van der Waals surface area contributed by atoms with Gasteiger partial charge in [0.05, 0.1) is 5.54 Å². The first-order chi connectivity index (χ1) is 9.01. The fourth-order valence-corrected chi connectivity index (χ4v) is 1.82. The van der Waals surface area contributed by atoms with E-state index in [1.165, 1.54) is 0 Å². The number of hydrogen-bond donors (Lipinski definition) is 2. The molecule has 0 aliphatic heterocycles. The average Bonchev–Trinajstić information content (AvgIpc) is 2.25. The number of benzene rings is 1. The molecule has 20 heavy (non-hydrogen) atoms. The van der Waals surface area contributed by atoms with E-state index in [9.17, 15) is 9.90 Å². The molecule has 1 aromatic rings. The molecule has 1 rings (SSSR count). The Balaban J connectivity index is 2.77. The first-order valence-electron chi connectivity index (χ1n) is 6.46. The van der Waals surface area contributed by atoms with E-state index in [2.05, 4.69) is 5.32 Å². The summed E-state index contributed by atoms with van der Waals surface area (Å²) in [6.45, 7) is 8.83. The van der Waals surface area contributed by atoms with E-state index in [1.807, 2.05) is 0 Å². The average molecular weight is 300 g/mol. The zero-order valence-electron chi connectivity index (χ0n) is 12.5. The molecule has 4 nitrogen and oxygen atoms in total. The van der Waals surface area contributed by atoms with Crippen molar-refractivity contribution in [1.82, 2.24) is 5.32 Å². The van der Waals surface area contributed by atoms with Crippen molar-refractivity contribution in [1.29, 1.82) is 0 Å². The number of amides is 1. The van der Waals surface area contributed by atoms with Crippen molar-refractivity contribution in [3.8, 4) is 0 Å². The molecule has 1 aromatic carbocycles. The van der Waals surface area contributed by atoms with Gasteiger partial charge in [0.15, 0.2) is 0 Å². The van der Waals surface area contributed by atoms with Crippen LogP contribution < -0.4 is 5.32 Å². The molecule has 0 fully saturated rings. The van der Waals surface area contributed by atoms with Crippen LogP contribution in [0.25, 0.3) is 0 Å². The van der Waals surface area contributed by atoms with Crippen LogP contribution in [-0.2, 0) is 4.74 Å². The number of hydrogen-bond acceptors (Lipinski definition) is 3. The maximum absolute atomic E-state index is 11.8. The molecule has 0 saturated heterocycles. The van der Waals surface area contributed by atoms with Crippen molar-refractivity contribution in [3.05, 3.63) is 34.9 Å². The van der Waals surface area contributed by atoms with Crippen molar-refractivity contribution in [2.24, 2.45) is 0 Å². The minimum atomic E-state index is -0.868. The Morgan fingerprint density at radius 1 is 1.20 bits per heavy atom. The Morgan fingerprint density at radius 2 is 1.70 bits per heavy atom. The highest BCUT2D eigenvalue weighted by molar-refractivity contribution is 6.30. The number of carbonyl (C=O) groups excluding carboxylic acids is 1. The quantitative estimate of drug-likeness (QED) is 0.895. The molecule has 0 heterocycles. The second-order valence-electron chi connectivity index (χ2n) is 6.30.